The SMILES string of the molecule is Cn1cc(S(=O)(=O)Cl)c2c(C(F)(F)F)ccc(S(=O)(=O)c3ccccc3)c21. The predicted molar refractivity (Wildman–Crippen MR) is 92.9 cm³/mol. The summed E-state index contributed by atoms with van der Waals surface area (Å²) in [6, 6.07) is 8.47. The Balaban J connectivity index is 2.51. The summed E-state index contributed by atoms with van der Waals surface area (Å²) in [5, 5.41) is -0.781. The van der Waals surface area contributed by atoms with Crippen LogP contribution in [-0.2, 0) is 32.1 Å². The van der Waals surface area contributed by atoms with E-state index in [1.165, 1.54) is 31.3 Å². The van der Waals surface area contributed by atoms with Gasteiger partial charge in [0.05, 0.1) is 20.9 Å². The minimum absolute atomic E-state index is 0.137. The average Bonchev–Trinajstić information content (AvgIpc) is 2.92. The summed E-state index contributed by atoms with van der Waals surface area (Å²) in [6.45, 7) is 0. The number of nitrogens with zero attached hydrogens (tertiary/aromatic N) is 1. The minimum Gasteiger partial charge on any atom is -0.348 e. The highest BCUT2D eigenvalue weighted by Gasteiger charge is 2.38. The molecule has 3 rings (SSSR count). The van der Waals surface area contributed by atoms with E-state index in [4.69, 9.17) is 10.7 Å². The Morgan fingerprint density at radius 2 is 1.52 bits per heavy atom. The van der Waals surface area contributed by atoms with Crippen LogP contribution in [0.15, 0.2) is 63.3 Å². The lowest BCUT2D eigenvalue weighted by molar-refractivity contribution is -0.136. The Kier molecular flexibility index (Phi) is 4.56. The van der Waals surface area contributed by atoms with Crippen LogP contribution in [0.25, 0.3) is 10.9 Å². The van der Waals surface area contributed by atoms with Gasteiger partial charge in [0.25, 0.3) is 9.05 Å². The smallest absolute Gasteiger partial charge is 0.348 e. The summed E-state index contributed by atoms with van der Waals surface area (Å²) in [5.41, 5.74) is -1.68. The summed E-state index contributed by atoms with van der Waals surface area (Å²) >= 11 is 0. The fourth-order valence-electron chi connectivity index (χ4n) is 2.84. The van der Waals surface area contributed by atoms with Crippen LogP contribution in [0.5, 0.6) is 0 Å². The lowest BCUT2D eigenvalue weighted by Crippen LogP contribution is -2.10. The zero-order valence-corrected chi connectivity index (χ0v) is 15.9. The first-order chi connectivity index (χ1) is 12.3. The van der Waals surface area contributed by atoms with Crippen LogP contribution in [0.3, 0.4) is 0 Å². The number of aromatic nitrogens is 1. The summed E-state index contributed by atoms with van der Waals surface area (Å²) in [6.07, 6.45) is -4.04. The number of sulfone groups is 1. The molecule has 0 unspecified atom stereocenters. The molecule has 0 amide bonds. The van der Waals surface area contributed by atoms with Gasteiger partial charge in [-0.3, -0.25) is 0 Å². The summed E-state index contributed by atoms with van der Waals surface area (Å²) in [5.74, 6) is 0. The molecule has 0 radical (unpaired) electrons. The van der Waals surface area contributed by atoms with Crippen LogP contribution in [0, 0.1) is 0 Å². The number of fused-ring (bicyclic) bond motifs is 1. The largest absolute Gasteiger partial charge is 0.417 e. The molecule has 0 fully saturated rings. The zero-order valence-electron chi connectivity index (χ0n) is 13.5. The van der Waals surface area contributed by atoms with Gasteiger partial charge < -0.3 is 4.57 Å². The van der Waals surface area contributed by atoms with Gasteiger partial charge in [-0.05, 0) is 24.3 Å². The van der Waals surface area contributed by atoms with E-state index in [1.54, 1.807) is 6.07 Å². The summed E-state index contributed by atoms with van der Waals surface area (Å²) in [4.78, 5) is -1.40. The van der Waals surface area contributed by atoms with Gasteiger partial charge in [0, 0.05) is 29.3 Å². The molecule has 0 aliphatic carbocycles. The quantitative estimate of drug-likeness (QED) is 0.581. The van der Waals surface area contributed by atoms with Crippen LogP contribution in [0.2, 0.25) is 0 Å². The molecule has 0 saturated heterocycles. The minimum atomic E-state index is -4.91. The summed E-state index contributed by atoms with van der Waals surface area (Å²) in [7, 11) is -2.22. The van der Waals surface area contributed by atoms with Crippen molar-refractivity contribution in [2.75, 3.05) is 0 Å². The van der Waals surface area contributed by atoms with E-state index in [0.717, 1.165) is 16.8 Å². The number of hydrogen-bond donors (Lipinski definition) is 0. The van der Waals surface area contributed by atoms with E-state index in [2.05, 4.69) is 0 Å². The second kappa shape index (κ2) is 6.25. The molecule has 2 aromatic carbocycles. The topological polar surface area (TPSA) is 73.2 Å². The van der Waals surface area contributed by atoms with Crippen LogP contribution < -0.4 is 0 Å². The molecule has 0 aliphatic heterocycles. The maximum absolute atomic E-state index is 13.4. The molecular formula is C16H11ClF3NO4S2. The number of hydrogen-bond acceptors (Lipinski definition) is 4. The molecule has 144 valence electrons. The van der Waals surface area contributed by atoms with Gasteiger partial charge in [0.1, 0.15) is 4.90 Å². The maximum atomic E-state index is 13.4. The van der Waals surface area contributed by atoms with Crippen molar-refractivity contribution in [1.29, 1.82) is 0 Å². The van der Waals surface area contributed by atoms with Crippen molar-refractivity contribution in [2.45, 2.75) is 20.9 Å². The molecule has 5 nitrogen and oxygen atoms in total. The lowest BCUT2D eigenvalue weighted by Gasteiger charge is -2.13. The number of aryl methyl sites for hydroxylation is 1. The fourth-order valence-corrected chi connectivity index (χ4v) is 5.44. The molecule has 1 aromatic heterocycles. The maximum Gasteiger partial charge on any atom is 0.417 e. The normalized spacial score (nSPS) is 13.2. The molecule has 3 aromatic rings. The van der Waals surface area contributed by atoms with E-state index in [1.807, 2.05) is 0 Å². The van der Waals surface area contributed by atoms with E-state index in [9.17, 15) is 30.0 Å². The van der Waals surface area contributed by atoms with Gasteiger partial charge in [0.15, 0.2) is 0 Å². The number of halogens is 4. The highest BCUT2D eigenvalue weighted by Crippen LogP contribution is 2.42. The van der Waals surface area contributed by atoms with E-state index >= 15 is 0 Å². The van der Waals surface area contributed by atoms with Gasteiger partial charge in [-0.25, -0.2) is 16.8 Å². The van der Waals surface area contributed by atoms with Crippen molar-refractivity contribution in [1.82, 2.24) is 4.57 Å². The third kappa shape index (κ3) is 3.32. The van der Waals surface area contributed by atoms with Gasteiger partial charge in [-0.2, -0.15) is 13.2 Å². The van der Waals surface area contributed by atoms with Gasteiger partial charge in [-0.1, -0.05) is 18.2 Å². The highest BCUT2D eigenvalue weighted by atomic mass is 35.7. The van der Waals surface area contributed by atoms with Gasteiger partial charge in [0.2, 0.25) is 9.84 Å². The number of benzene rings is 2. The monoisotopic (exact) mass is 437 g/mol. The molecule has 11 heteroatoms. The van der Waals surface area contributed by atoms with Crippen molar-refractivity contribution in [3.63, 3.8) is 0 Å². The van der Waals surface area contributed by atoms with Crippen molar-refractivity contribution in [2.24, 2.45) is 7.05 Å². The molecule has 0 N–H and O–H groups in total. The lowest BCUT2D eigenvalue weighted by atomic mass is 10.1. The van der Waals surface area contributed by atoms with E-state index in [-0.39, 0.29) is 4.90 Å². The third-order valence-electron chi connectivity index (χ3n) is 3.96. The van der Waals surface area contributed by atoms with E-state index < -0.39 is 51.3 Å². The Hall–Kier alpha value is -2.04. The van der Waals surface area contributed by atoms with Crippen LogP contribution >= 0.6 is 10.7 Å². The van der Waals surface area contributed by atoms with Crippen molar-refractivity contribution in [3.8, 4) is 0 Å². The molecule has 0 bridgehead atoms. The Bertz CT molecular complexity index is 1250. The fraction of sp³-hybridized carbons (Fsp3) is 0.125. The standard InChI is InChI=1S/C16H11ClF3NO4S2/c1-21-9-13(27(17,24)25)14-11(16(18,19)20)7-8-12(15(14)21)26(22,23)10-5-3-2-4-6-10/h2-9H,1H3. The number of rotatable bonds is 3. The van der Waals surface area contributed by atoms with Crippen LogP contribution in [0.4, 0.5) is 13.2 Å². The first kappa shape index (κ1) is 19.7. The van der Waals surface area contributed by atoms with Gasteiger partial charge in [-0.15, -0.1) is 0 Å². The second-order valence-corrected chi connectivity index (χ2v) is 10.1. The second-order valence-electron chi connectivity index (χ2n) is 5.69. The molecule has 0 saturated carbocycles. The zero-order chi connectivity index (χ0) is 20.2. The van der Waals surface area contributed by atoms with Crippen molar-refractivity contribution < 1.29 is 30.0 Å². The molecule has 1 heterocycles. The first-order valence-electron chi connectivity index (χ1n) is 7.29. The third-order valence-corrected chi connectivity index (χ3v) is 7.10. The molecule has 27 heavy (non-hydrogen) atoms. The summed E-state index contributed by atoms with van der Waals surface area (Å²) < 4.78 is 90.9. The van der Waals surface area contributed by atoms with Crippen LogP contribution in [-0.4, -0.2) is 21.4 Å². The molecule has 0 atom stereocenters. The molecular weight excluding hydrogens is 427 g/mol. The molecule has 0 spiro atoms. The van der Waals surface area contributed by atoms with Gasteiger partial charge >= 0.3 is 6.18 Å². The Morgan fingerprint density at radius 3 is 2.04 bits per heavy atom. The van der Waals surface area contributed by atoms with Crippen molar-refractivity contribution >= 4 is 40.5 Å². The highest BCUT2D eigenvalue weighted by molar-refractivity contribution is 8.14. The van der Waals surface area contributed by atoms with Crippen LogP contribution in [0.1, 0.15) is 5.56 Å². The predicted octanol–water partition coefficient (Wildman–Crippen LogP) is 3.96. The molecule has 0 aliphatic rings. The number of alkyl halides is 3. The van der Waals surface area contributed by atoms with E-state index in [0.29, 0.717) is 6.07 Å². The Labute approximate surface area is 157 Å². The van der Waals surface area contributed by atoms with Crippen molar-refractivity contribution in [3.05, 3.63) is 54.2 Å². The Morgan fingerprint density at radius 1 is 0.926 bits per heavy atom. The first-order valence-corrected chi connectivity index (χ1v) is 11.1. The average molecular weight is 438 g/mol.